The van der Waals surface area contributed by atoms with Crippen LogP contribution in [0, 0.1) is 0 Å². The summed E-state index contributed by atoms with van der Waals surface area (Å²) >= 11 is 0. The van der Waals surface area contributed by atoms with Crippen molar-refractivity contribution in [3.63, 3.8) is 0 Å². The molecule has 1 atom stereocenters. The van der Waals surface area contributed by atoms with Crippen LogP contribution in [0.3, 0.4) is 0 Å². The Labute approximate surface area is 99.7 Å². The Kier molecular flexibility index (Phi) is 2.48. The van der Waals surface area contributed by atoms with Gasteiger partial charge in [-0.15, -0.1) is 0 Å². The van der Waals surface area contributed by atoms with Gasteiger partial charge in [-0.05, 0) is 13.0 Å². The molecule has 1 aliphatic rings. The quantitative estimate of drug-likeness (QED) is 0.826. The Hall–Kier alpha value is -1.97. The largest absolute Gasteiger partial charge is 0.464 e. The molecule has 0 spiro atoms. The minimum absolute atomic E-state index is 0.429. The summed E-state index contributed by atoms with van der Waals surface area (Å²) in [5.74, 6) is 0.878. The molecule has 0 fully saturated rings. The second-order valence-corrected chi connectivity index (χ2v) is 4.35. The van der Waals surface area contributed by atoms with Crippen LogP contribution >= 0.6 is 0 Å². The smallest absolute Gasteiger partial charge is 0.191 e. The SMILES string of the molecule is CC1CN=C(NCc2coc3ccccc23)N1. The second-order valence-electron chi connectivity index (χ2n) is 4.35. The number of aliphatic imine (C=N–C) groups is 1. The molecule has 17 heavy (non-hydrogen) atoms. The van der Waals surface area contributed by atoms with E-state index in [9.17, 15) is 0 Å². The highest BCUT2D eigenvalue weighted by Crippen LogP contribution is 2.20. The third-order valence-corrected chi connectivity index (χ3v) is 2.91. The van der Waals surface area contributed by atoms with E-state index in [-0.39, 0.29) is 0 Å². The first-order valence-electron chi connectivity index (χ1n) is 5.83. The van der Waals surface area contributed by atoms with Crippen molar-refractivity contribution in [1.82, 2.24) is 10.6 Å². The van der Waals surface area contributed by atoms with Crippen LogP contribution in [0.15, 0.2) is 39.9 Å². The van der Waals surface area contributed by atoms with Crippen LogP contribution in [0.4, 0.5) is 0 Å². The summed E-state index contributed by atoms with van der Waals surface area (Å²) in [6.07, 6.45) is 1.80. The van der Waals surface area contributed by atoms with Crippen molar-refractivity contribution in [3.8, 4) is 0 Å². The normalized spacial score (nSPS) is 19.1. The van der Waals surface area contributed by atoms with Crippen LogP contribution in [-0.2, 0) is 6.54 Å². The van der Waals surface area contributed by atoms with E-state index in [4.69, 9.17) is 4.42 Å². The molecule has 0 saturated carbocycles. The zero-order valence-corrected chi connectivity index (χ0v) is 9.73. The average molecular weight is 229 g/mol. The molecule has 4 nitrogen and oxygen atoms in total. The number of nitrogens with one attached hydrogen (secondary N) is 2. The Morgan fingerprint density at radius 3 is 3.18 bits per heavy atom. The number of para-hydroxylation sites is 1. The summed E-state index contributed by atoms with van der Waals surface area (Å²) in [6.45, 7) is 3.69. The highest BCUT2D eigenvalue weighted by atomic mass is 16.3. The van der Waals surface area contributed by atoms with E-state index in [1.807, 2.05) is 18.2 Å². The lowest BCUT2D eigenvalue weighted by molar-refractivity contribution is 0.608. The van der Waals surface area contributed by atoms with E-state index in [1.54, 1.807) is 6.26 Å². The number of hydrogen-bond donors (Lipinski definition) is 2. The summed E-state index contributed by atoms with van der Waals surface area (Å²) < 4.78 is 5.49. The standard InChI is InChI=1S/C13H15N3O/c1-9-6-14-13(16-9)15-7-10-8-17-12-5-3-2-4-11(10)12/h2-5,8-9H,6-7H2,1H3,(H2,14,15,16). The third-order valence-electron chi connectivity index (χ3n) is 2.91. The molecule has 1 aliphatic heterocycles. The van der Waals surface area contributed by atoms with Gasteiger partial charge in [0.1, 0.15) is 5.58 Å². The Bertz CT molecular complexity index is 559. The van der Waals surface area contributed by atoms with E-state index >= 15 is 0 Å². The van der Waals surface area contributed by atoms with Crippen molar-refractivity contribution in [2.75, 3.05) is 6.54 Å². The molecule has 1 aromatic heterocycles. The van der Waals surface area contributed by atoms with E-state index in [0.717, 1.165) is 35.6 Å². The van der Waals surface area contributed by atoms with Gasteiger partial charge in [-0.3, -0.25) is 4.99 Å². The van der Waals surface area contributed by atoms with Gasteiger partial charge in [0.25, 0.3) is 0 Å². The number of furan rings is 1. The fourth-order valence-electron chi connectivity index (χ4n) is 2.01. The number of benzene rings is 1. The van der Waals surface area contributed by atoms with Crippen molar-refractivity contribution in [3.05, 3.63) is 36.1 Å². The van der Waals surface area contributed by atoms with E-state index < -0.39 is 0 Å². The van der Waals surface area contributed by atoms with Crippen LogP contribution in [0.1, 0.15) is 12.5 Å². The van der Waals surface area contributed by atoms with Crippen LogP contribution in [0.2, 0.25) is 0 Å². The van der Waals surface area contributed by atoms with Gasteiger partial charge >= 0.3 is 0 Å². The second kappa shape index (κ2) is 4.13. The number of nitrogens with zero attached hydrogens (tertiary/aromatic N) is 1. The maximum atomic E-state index is 5.49. The minimum Gasteiger partial charge on any atom is -0.464 e. The number of hydrogen-bond acceptors (Lipinski definition) is 4. The maximum absolute atomic E-state index is 5.49. The van der Waals surface area contributed by atoms with Gasteiger partial charge < -0.3 is 15.1 Å². The summed E-state index contributed by atoms with van der Waals surface area (Å²) in [5, 5.41) is 7.72. The molecule has 0 amide bonds. The summed E-state index contributed by atoms with van der Waals surface area (Å²) in [5.41, 5.74) is 2.09. The average Bonchev–Trinajstić information content (AvgIpc) is 2.93. The Morgan fingerprint density at radius 2 is 2.35 bits per heavy atom. The van der Waals surface area contributed by atoms with Crippen LogP contribution < -0.4 is 10.6 Å². The van der Waals surface area contributed by atoms with Gasteiger partial charge in [0.2, 0.25) is 0 Å². The molecular formula is C13H15N3O. The first kappa shape index (κ1) is 10.2. The zero-order valence-electron chi connectivity index (χ0n) is 9.73. The number of rotatable bonds is 2. The van der Waals surface area contributed by atoms with Crippen molar-refractivity contribution in [2.24, 2.45) is 4.99 Å². The Balaban J connectivity index is 1.73. The van der Waals surface area contributed by atoms with Gasteiger partial charge in [0, 0.05) is 23.5 Å². The lowest BCUT2D eigenvalue weighted by atomic mass is 10.2. The molecule has 1 unspecified atom stereocenters. The molecule has 0 aliphatic carbocycles. The van der Waals surface area contributed by atoms with Crippen LogP contribution in [-0.4, -0.2) is 18.5 Å². The molecule has 1 aromatic carbocycles. The van der Waals surface area contributed by atoms with Crippen LogP contribution in [0.5, 0.6) is 0 Å². The summed E-state index contributed by atoms with van der Waals surface area (Å²) in [6, 6.07) is 8.48. The fourth-order valence-corrected chi connectivity index (χ4v) is 2.01. The lowest BCUT2D eigenvalue weighted by Gasteiger charge is -2.07. The monoisotopic (exact) mass is 229 g/mol. The lowest BCUT2D eigenvalue weighted by Crippen LogP contribution is -2.37. The molecule has 0 bridgehead atoms. The molecule has 88 valence electrons. The third kappa shape index (κ3) is 1.98. The van der Waals surface area contributed by atoms with Gasteiger partial charge in [-0.25, -0.2) is 0 Å². The summed E-state index contributed by atoms with van der Waals surface area (Å²) in [4.78, 5) is 4.36. The predicted octanol–water partition coefficient (Wildman–Crippen LogP) is 1.87. The van der Waals surface area contributed by atoms with Gasteiger partial charge in [-0.1, -0.05) is 18.2 Å². The van der Waals surface area contributed by atoms with Crippen molar-refractivity contribution < 1.29 is 4.42 Å². The van der Waals surface area contributed by atoms with Crippen molar-refractivity contribution in [2.45, 2.75) is 19.5 Å². The zero-order chi connectivity index (χ0) is 11.7. The molecule has 2 aromatic rings. The van der Waals surface area contributed by atoms with Crippen LogP contribution in [0.25, 0.3) is 11.0 Å². The molecule has 4 heteroatoms. The first-order chi connectivity index (χ1) is 8.33. The molecule has 2 heterocycles. The van der Waals surface area contributed by atoms with E-state index in [2.05, 4.69) is 28.6 Å². The fraction of sp³-hybridized carbons (Fsp3) is 0.308. The number of fused-ring (bicyclic) bond motifs is 1. The van der Waals surface area contributed by atoms with E-state index in [0.29, 0.717) is 6.04 Å². The highest BCUT2D eigenvalue weighted by molar-refractivity contribution is 5.84. The van der Waals surface area contributed by atoms with Gasteiger partial charge in [-0.2, -0.15) is 0 Å². The van der Waals surface area contributed by atoms with Gasteiger partial charge in [0.05, 0.1) is 12.8 Å². The molecule has 0 saturated heterocycles. The molecule has 0 radical (unpaired) electrons. The predicted molar refractivity (Wildman–Crippen MR) is 68.0 cm³/mol. The number of guanidine groups is 1. The van der Waals surface area contributed by atoms with Gasteiger partial charge in [0.15, 0.2) is 5.96 Å². The van der Waals surface area contributed by atoms with E-state index in [1.165, 1.54) is 0 Å². The maximum Gasteiger partial charge on any atom is 0.191 e. The highest BCUT2D eigenvalue weighted by Gasteiger charge is 2.12. The topological polar surface area (TPSA) is 49.6 Å². The first-order valence-corrected chi connectivity index (χ1v) is 5.83. The molecule has 2 N–H and O–H groups in total. The molecular weight excluding hydrogens is 214 g/mol. The van der Waals surface area contributed by atoms with Crippen molar-refractivity contribution in [1.29, 1.82) is 0 Å². The van der Waals surface area contributed by atoms with Crippen molar-refractivity contribution >= 4 is 16.9 Å². The minimum atomic E-state index is 0.429. The molecule has 3 rings (SSSR count). The Morgan fingerprint density at radius 1 is 1.47 bits per heavy atom. The summed E-state index contributed by atoms with van der Waals surface area (Å²) in [7, 11) is 0.